The van der Waals surface area contributed by atoms with Gasteiger partial charge in [0.1, 0.15) is 0 Å². The van der Waals surface area contributed by atoms with Gasteiger partial charge in [-0.2, -0.15) is 0 Å². The number of thiophene rings is 1. The summed E-state index contributed by atoms with van der Waals surface area (Å²) in [5.74, 6) is -0.146. The van der Waals surface area contributed by atoms with E-state index in [0.29, 0.717) is 49.9 Å². The Morgan fingerprint density at radius 2 is 1.75 bits per heavy atom. The SMILES string of the molecule is CC1=CCCC2(C)C(CCC2(O)CN(CCc2cccs2)CC(O)CO)c2ccc(cc2C(=O)c2ccc(-c3ccccc3)cc2)CC(O)CC1. The summed E-state index contributed by atoms with van der Waals surface area (Å²) in [5.41, 5.74) is 4.81. The van der Waals surface area contributed by atoms with E-state index in [1.54, 1.807) is 11.3 Å². The first kappa shape index (κ1) is 37.3. The molecule has 5 unspecified atom stereocenters. The zero-order valence-corrected chi connectivity index (χ0v) is 30.8. The van der Waals surface area contributed by atoms with Gasteiger partial charge in [-0.1, -0.05) is 91.4 Å². The van der Waals surface area contributed by atoms with E-state index in [0.717, 1.165) is 47.9 Å². The van der Waals surface area contributed by atoms with Crippen molar-refractivity contribution < 1.29 is 25.2 Å². The molecule has 5 atom stereocenters. The molecule has 51 heavy (non-hydrogen) atoms. The van der Waals surface area contributed by atoms with Crippen LogP contribution in [-0.4, -0.2) is 75.2 Å². The first-order chi connectivity index (χ1) is 24.6. The molecule has 7 heteroatoms. The zero-order valence-electron chi connectivity index (χ0n) is 30.0. The number of rotatable bonds is 11. The first-order valence-corrected chi connectivity index (χ1v) is 19.4. The molecule has 2 bridgehead atoms. The average Bonchev–Trinajstić information content (AvgIpc) is 3.75. The molecule has 0 saturated heterocycles. The Morgan fingerprint density at radius 3 is 2.47 bits per heavy atom. The van der Waals surface area contributed by atoms with Crippen molar-refractivity contribution in [2.24, 2.45) is 5.41 Å². The standard InChI is InChI=1S/C44H53NO5S/c1-31-8-6-22-43(2)41(20-23-44(43,50)30-45(28-37(48)29-46)24-21-38-11-7-25-51-38)39-19-13-32(26-36(47)18-12-31)27-40(39)42(49)35-16-14-34(15-17-35)33-9-4-3-5-10-33/h3-5,7-11,13-17,19,25,27,36-37,41,46-48,50H,6,12,18,20-24,26,28-30H2,1-2H3. The van der Waals surface area contributed by atoms with Crippen molar-refractivity contribution in [3.63, 3.8) is 0 Å². The Morgan fingerprint density at radius 1 is 0.980 bits per heavy atom. The summed E-state index contributed by atoms with van der Waals surface area (Å²) < 4.78 is 0. The fourth-order valence-electron chi connectivity index (χ4n) is 8.48. The molecule has 1 heterocycles. The number of hydrogen-bond donors (Lipinski definition) is 4. The monoisotopic (exact) mass is 707 g/mol. The van der Waals surface area contributed by atoms with Crippen molar-refractivity contribution in [3.8, 4) is 11.1 Å². The van der Waals surface area contributed by atoms with Gasteiger partial charge in [-0.3, -0.25) is 9.69 Å². The van der Waals surface area contributed by atoms with E-state index < -0.39 is 23.2 Å². The number of benzene rings is 3. The molecule has 0 spiro atoms. The molecule has 6 nitrogen and oxygen atoms in total. The Labute approximate surface area is 307 Å². The van der Waals surface area contributed by atoms with Gasteiger partial charge in [-0.25, -0.2) is 0 Å². The summed E-state index contributed by atoms with van der Waals surface area (Å²) in [6.07, 6.45) is 6.30. The highest BCUT2D eigenvalue weighted by Gasteiger charge is 2.57. The van der Waals surface area contributed by atoms with E-state index in [1.165, 1.54) is 10.5 Å². The Hall–Kier alpha value is -3.43. The largest absolute Gasteiger partial charge is 0.394 e. The average molecular weight is 708 g/mol. The minimum absolute atomic E-state index is 0.0507. The fourth-order valence-corrected chi connectivity index (χ4v) is 9.18. The lowest BCUT2D eigenvalue weighted by atomic mass is 9.64. The van der Waals surface area contributed by atoms with Crippen LogP contribution in [0.25, 0.3) is 11.1 Å². The molecule has 0 aliphatic heterocycles. The third kappa shape index (κ3) is 8.62. The van der Waals surface area contributed by atoms with Crippen molar-refractivity contribution in [2.45, 2.75) is 88.9 Å². The van der Waals surface area contributed by atoms with Gasteiger partial charge in [-0.15, -0.1) is 11.3 Å². The lowest BCUT2D eigenvalue weighted by Crippen LogP contribution is -2.54. The lowest BCUT2D eigenvalue weighted by Gasteiger charge is -2.46. The van der Waals surface area contributed by atoms with E-state index in [-0.39, 0.29) is 24.9 Å². The van der Waals surface area contributed by atoms with Crippen LogP contribution in [0.1, 0.15) is 90.2 Å². The summed E-state index contributed by atoms with van der Waals surface area (Å²) in [7, 11) is 0. The normalized spacial score (nSPS) is 24.6. The van der Waals surface area contributed by atoms with Crippen molar-refractivity contribution in [3.05, 3.63) is 129 Å². The number of aliphatic hydroxyl groups excluding tert-OH is 3. The quantitative estimate of drug-likeness (QED) is 0.0948. The summed E-state index contributed by atoms with van der Waals surface area (Å²) in [4.78, 5) is 17.9. The molecular formula is C44H53NO5S. The number of ketones is 1. The van der Waals surface area contributed by atoms with Gasteiger partial charge in [0.2, 0.25) is 0 Å². The number of carbonyl (C=O) groups is 1. The molecule has 3 aliphatic rings. The predicted octanol–water partition coefficient (Wildman–Crippen LogP) is 7.58. The van der Waals surface area contributed by atoms with Gasteiger partial charge in [-0.05, 0) is 104 Å². The Balaban J connectivity index is 1.38. The number of aliphatic hydroxyl groups is 4. The van der Waals surface area contributed by atoms with E-state index in [4.69, 9.17) is 0 Å². The van der Waals surface area contributed by atoms with Crippen LogP contribution in [0.2, 0.25) is 0 Å². The van der Waals surface area contributed by atoms with Gasteiger partial charge >= 0.3 is 0 Å². The van der Waals surface area contributed by atoms with Crippen LogP contribution in [-0.2, 0) is 12.8 Å². The zero-order chi connectivity index (χ0) is 36.0. The second-order valence-corrected chi connectivity index (χ2v) is 16.2. The lowest BCUT2D eigenvalue weighted by molar-refractivity contribution is -0.0889. The highest BCUT2D eigenvalue weighted by Crippen LogP contribution is 2.59. The van der Waals surface area contributed by atoms with Crippen LogP contribution in [0.3, 0.4) is 0 Å². The molecule has 4 N–H and O–H groups in total. The topological polar surface area (TPSA) is 101 Å². The van der Waals surface area contributed by atoms with Crippen LogP contribution in [0.4, 0.5) is 0 Å². The third-order valence-electron chi connectivity index (χ3n) is 11.6. The first-order valence-electron chi connectivity index (χ1n) is 18.5. The van der Waals surface area contributed by atoms with Crippen LogP contribution >= 0.6 is 11.3 Å². The van der Waals surface area contributed by atoms with Crippen LogP contribution in [0.5, 0.6) is 0 Å². The van der Waals surface area contributed by atoms with Crippen molar-refractivity contribution in [1.29, 1.82) is 0 Å². The van der Waals surface area contributed by atoms with Gasteiger partial charge < -0.3 is 20.4 Å². The molecule has 4 aromatic rings. The summed E-state index contributed by atoms with van der Waals surface area (Å²) in [6.45, 7) is 5.26. The molecule has 3 aromatic carbocycles. The van der Waals surface area contributed by atoms with E-state index in [2.05, 4.69) is 60.5 Å². The maximum atomic E-state index is 14.6. The summed E-state index contributed by atoms with van der Waals surface area (Å²) >= 11 is 1.70. The number of hydrogen-bond acceptors (Lipinski definition) is 7. The minimum atomic E-state index is -1.10. The van der Waals surface area contributed by atoms with Crippen LogP contribution in [0.15, 0.2) is 102 Å². The fraction of sp³-hybridized carbons (Fsp3) is 0.432. The maximum absolute atomic E-state index is 14.6. The molecule has 1 saturated carbocycles. The predicted molar refractivity (Wildman–Crippen MR) is 206 cm³/mol. The van der Waals surface area contributed by atoms with E-state index in [1.807, 2.05) is 54.6 Å². The second-order valence-electron chi connectivity index (χ2n) is 15.1. The van der Waals surface area contributed by atoms with Crippen molar-refractivity contribution in [2.75, 3.05) is 26.2 Å². The number of carbonyl (C=O) groups excluding carboxylic acids is 1. The Kier molecular flexibility index (Phi) is 12.1. The Bertz CT molecular complexity index is 1770. The van der Waals surface area contributed by atoms with Crippen molar-refractivity contribution >= 4 is 17.1 Å². The third-order valence-corrected chi connectivity index (χ3v) is 12.5. The summed E-state index contributed by atoms with van der Waals surface area (Å²) in [6, 6.07) is 28.2. The van der Waals surface area contributed by atoms with Crippen LogP contribution < -0.4 is 0 Å². The van der Waals surface area contributed by atoms with Gasteiger partial charge in [0.25, 0.3) is 0 Å². The van der Waals surface area contributed by atoms with Gasteiger partial charge in [0, 0.05) is 41.1 Å². The van der Waals surface area contributed by atoms with E-state index in [9.17, 15) is 25.2 Å². The molecule has 1 fully saturated rings. The molecule has 0 radical (unpaired) electrons. The number of nitrogens with zero attached hydrogens (tertiary/aromatic N) is 1. The van der Waals surface area contributed by atoms with Gasteiger partial charge in [0.15, 0.2) is 5.78 Å². The number of allylic oxidation sites excluding steroid dienone is 2. The molecule has 3 aliphatic carbocycles. The number of fused-ring (bicyclic) bond motifs is 8. The summed E-state index contributed by atoms with van der Waals surface area (Å²) in [5, 5.41) is 46.3. The van der Waals surface area contributed by atoms with Crippen molar-refractivity contribution in [1.82, 2.24) is 4.90 Å². The second kappa shape index (κ2) is 16.5. The maximum Gasteiger partial charge on any atom is 0.193 e. The molecule has 1 aromatic heterocycles. The molecule has 7 rings (SSSR count). The highest BCUT2D eigenvalue weighted by molar-refractivity contribution is 7.09. The van der Waals surface area contributed by atoms with Gasteiger partial charge in [0.05, 0.1) is 24.4 Å². The molecule has 270 valence electrons. The minimum Gasteiger partial charge on any atom is -0.394 e. The van der Waals surface area contributed by atoms with Crippen LogP contribution in [0, 0.1) is 5.41 Å². The molecule has 0 amide bonds. The smallest absolute Gasteiger partial charge is 0.193 e. The van der Waals surface area contributed by atoms with E-state index >= 15 is 0 Å². The molecular weight excluding hydrogens is 655 g/mol. The highest BCUT2D eigenvalue weighted by atomic mass is 32.1.